The number of fused-ring (bicyclic) bond motifs is 3. The van der Waals surface area contributed by atoms with Crippen LogP contribution in [0.3, 0.4) is 0 Å². The average Bonchev–Trinajstić information content (AvgIpc) is 3.02. The normalized spacial score (nSPS) is 11.2. The molecule has 0 saturated heterocycles. The van der Waals surface area contributed by atoms with Gasteiger partial charge in [0.15, 0.2) is 5.65 Å². The van der Waals surface area contributed by atoms with Crippen LogP contribution < -0.4 is 5.32 Å². The van der Waals surface area contributed by atoms with E-state index in [1.807, 2.05) is 35.6 Å². The SMILES string of the molecule is Cc1nnc2c(SCC(=O)Nc3cccc(Cl)c3)nc3ccccc3n12. The van der Waals surface area contributed by atoms with Crippen molar-refractivity contribution in [2.24, 2.45) is 0 Å². The maximum atomic E-state index is 12.3. The van der Waals surface area contributed by atoms with Gasteiger partial charge in [-0.2, -0.15) is 0 Å². The van der Waals surface area contributed by atoms with Gasteiger partial charge in [-0.15, -0.1) is 10.2 Å². The molecule has 0 bridgehead atoms. The summed E-state index contributed by atoms with van der Waals surface area (Å²) in [6.07, 6.45) is 0. The van der Waals surface area contributed by atoms with E-state index in [1.54, 1.807) is 24.3 Å². The lowest BCUT2D eigenvalue weighted by Crippen LogP contribution is -2.14. The molecule has 4 aromatic rings. The molecular weight excluding hydrogens is 370 g/mol. The summed E-state index contributed by atoms with van der Waals surface area (Å²) in [5.74, 6) is 0.852. The zero-order valence-corrected chi connectivity index (χ0v) is 15.4. The predicted molar refractivity (Wildman–Crippen MR) is 104 cm³/mol. The minimum absolute atomic E-state index is 0.137. The molecule has 0 aliphatic carbocycles. The van der Waals surface area contributed by atoms with Crippen LogP contribution in [0.15, 0.2) is 53.6 Å². The van der Waals surface area contributed by atoms with E-state index in [9.17, 15) is 4.79 Å². The summed E-state index contributed by atoms with van der Waals surface area (Å²) in [6, 6.07) is 14.8. The molecule has 0 aliphatic heterocycles. The van der Waals surface area contributed by atoms with Gasteiger partial charge in [0.25, 0.3) is 0 Å². The number of carbonyl (C=O) groups excluding carboxylic acids is 1. The molecule has 1 amide bonds. The van der Waals surface area contributed by atoms with Gasteiger partial charge in [0, 0.05) is 10.7 Å². The van der Waals surface area contributed by atoms with Gasteiger partial charge >= 0.3 is 0 Å². The van der Waals surface area contributed by atoms with Crippen LogP contribution in [0.4, 0.5) is 5.69 Å². The predicted octanol–water partition coefficient (Wildman–Crippen LogP) is 3.97. The van der Waals surface area contributed by atoms with Crippen LogP contribution in [0.1, 0.15) is 5.82 Å². The largest absolute Gasteiger partial charge is 0.325 e. The Morgan fingerprint density at radius 2 is 2.04 bits per heavy atom. The number of para-hydroxylation sites is 2. The lowest BCUT2D eigenvalue weighted by molar-refractivity contribution is -0.113. The number of hydrogen-bond donors (Lipinski definition) is 1. The van der Waals surface area contributed by atoms with E-state index in [0.717, 1.165) is 16.9 Å². The Morgan fingerprint density at radius 1 is 1.19 bits per heavy atom. The van der Waals surface area contributed by atoms with Crippen LogP contribution in [-0.2, 0) is 4.79 Å². The Bertz CT molecular complexity index is 1130. The molecule has 2 aromatic heterocycles. The van der Waals surface area contributed by atoms with Crippen LogP contribution in [0, 0.1) is 6.92 Å². The minimum Gasteiger partial charge on any atom is -0.325 e. The van der Waals surface area contributed by atoms with E-state index in [1.165, 1.54) is 11.8 Å². The van der Waals surface area contributed by atoms with Gasteiger partial charge in [0.05, 0.1) is 16.8 Å². The quantitative estimate of drug-likeness (QED) is 0.540. The zero-order valence-electron chi connectivity index (χ0n) is 13.8. The van der Waals surface area contributed by atoms with Crippen molar-refractivity contribution in [3.05, 3.63) is 59.4 Å². The monoisotopic (exact) mass is 383 g/mol. The molecule has 0 saturated carbocycles. The van der Waals surface area contributed by atoms with Crippen molar-refractivity contribution in [2.75, 3.05) is 11.1 Å². The number of hydrogen-bond acceptors (Lipinski definition) is 5. The summed E-state index contributed by atoms with van der Waals surface area (Å²) in [6.45, 7) is 1.90. The second kappa shape index (κ2) is 6.93. The molecule has 0 unspecified atom stereocenters. The fourth-order valence-corrected chi connectivity index (χ4v) is 3.64. The number of amides is 1. The van der Waals surface area contributed by atoms with Gasteiger partial charge in [0.1, 0.15) is 10.9 Å². The molecule has 6 nitrogen and oxygen atoms in total. The van der Waals surface area contributed by atoms with Gasteiger partial charge < -0.3 is 5.32 Å². The average molecular weight is 384 g/mol. The van der Waals surface area contributed by atoms with Gasteiger partial charge in [0.2, 0.25) is 5.91 Å². The molecule has 4 rings (SSSR count). The number of benzene rings is 2. The highest BCUT2D eigenvalue weighted by Gasteiger charge is 2.14. The number of nitrogens with zero attached hydrogens (tertiary/aromatic N) is 4. The topological polar surface area (TPSA) is 72.2 Å². The van der Waals surface area contributed by atoms with Crippen molar-refractivity contribution in [3.8, 4) is 0 Å². The van der Waals surface area contributed by atoms with E-state index < -0.39 is 0 Å². The number of nitrogens with one attached hydrogen (secondary N) is 1. The molecule has 1 N–H and O–H groups in total. The van der Waals surface area contributed by atoms with Crippen molar-refractivity contribution < 1.29 is 4.79 Å². The Morgan fingerprint density at radius 3 is 2.88 bits per heavy atom. The van der Waals surface area contributed by atoms with E-state index in [0.29, 0.717) is 21.4 Å². The van der Waals surface area contributed by atoms with E-state index in [2.05, 4.69) is 20.5 Å². The van der Waals surface area contributed by atoms with Crippen molar-refractivity contribution in [2.45, 2.75) is 11.9 Å². The molecule has 0 fully saturated rings. The summed E-state index contributed by atoms with van der Waals surface area (Å²) in [5, 5.41) is 12.5. The number of halogens is 1. The highest BCUT2D eigenvalue weighted by Crippen LogP contribution is 2.25. The molecule has 2 heterocycles. The standard InChI is InChI=1S/C18H14ClN5OS/c1-11-22-23-17-18(21-14-7-2-3-8-15(14)24(11)17)26-10-16(25)20-13-6-4-5-12(19)9-13/h2-9H,10H2,1H3,(H,20,25). The number of rotatable bonds is 4. The molecule has 26 heavy (non-hydrogen) atoms. The van der Waals surface area contributed by atoms with Gasteiger partial charge in [-0.05, 0) is 37.3 Å². The van der Waals surface area contributed by atoms with Crippen molar-refractivity contribution in [3.63, 3.8) is 0 Å². The number of anilines is 1. The van der Waals surface area contributed by atoms with E-state index in [-0.39, 0.29) is 11.7 Å². The Hall–Kier alpha value is -2.64. The lowest BCUT2D eigenvalue weighted by atomic mass is 10.3. The third kappa shape index (κ3) is 3.23. The van der Waals surface area contributed by atoms with Crippen LogP contribution in [-0.4, -0.2) is 31.2 Å². The van der Waals surface area contributed by atoms with Crippen molar-refractivity contribution in [1.29, 1.82) is 0 Å². The van der Waals surface area contributed by atoms with Gasteiger partial charge in [-0.25, -0.2) is 4.98 Å². The van der Waals surface area contributed by atoms with Crippen LogP contribution >= 0.6 is 23.4 Å². The van der Waals surface area contributed by atoms with Crippen molar-refractivity contribution in [1.82, 2.24) is 19.6 Å². The van der Waals surface area contributed by atoms with Crippen LogP contribution in [0.25, 0.3) is 16.7 Å². The third-order valence-electron chi connectivity index (χ3n) is 3.81. The molecule has 8 heteroatoms. The van der Waals surface area contributed by atoms with Crippen molar-refractivity contribution >= 4 is 51.6 Å². The summed E-state index contributed by atoms with van der Waals surface area (Å²) in [7, 11) is 0. The Labute approximate surface area is 158 Å². The first-order chi connectivity index (χ1) is 12.6. The molecule has 0 spiro atoms. The second-order valence-electron chi connectivity index (χ2n) is 5.66. The summed E-state index contributed by atoms with van der Waals surface area (Å²) >= 11 is 7.27. The molecule has 2 aromatic carbocycles. The highest BCUT2D eigenvalue weighted by molar-refractivity contribution is 8.00. The summed E-state index contributed by atoms with van der Waals surface area (Å²) < 4.78 is 1.96. The zero-order chi connectivity index (χ0) is 18.1. The number of aryl methyl sites for hydroxylation is 1. The van der Waals surface area contributed by atoms with Crippen LogP contribution in [0.2, 0.25) is 5.02 Å². The maximum Gasteiger partial charge on any atom is 0.234 e. The first-order valence-electron chi connectivity index (χ1n) is 7.90. The lowest BCUT2D eigenvalue weighted by Gasteiger charge is -2.08. The molecular formula is C18H14ClN5OS. The fourth-order valence-electron chi connectivity index (χ4n) is 2.69. The van der Waals surface area contributed by atoms with E-state index in [4.69, 9.17) is 11.6 Å². The van der Waals surface area contributed by atoms with Crippen LogP contribution in [0.5, 0.6) is 0 Å². The van der Waals surface area contributed by atoms with Gasteiger partial charge in [-0.3, -0.25) is 9.20 Å². The number of thioether (sulfide) groups is 1. The Kier molecular flexibility index (Phi) is 4.48. The number of carbonyl (C=O) groups is 1. The molecule has 0 aliphatic rings. The molecule has 130 valence electrons. The first kappa shape index (κ1) is 16.8. The summed E-state index contributed by atoms with van der Waals surface area (Å²) in [5.41, 5.74) is 3.10. The minimum atomic E-state index is -0.137. The Balaban J connectivity index is 1.59. The van der Waals surface area contributed by atoms with E-state index >= 15 is 0 Å². The van der Waals surface area contributed by atoms with Gasteiger partial charge in [-0.1, -0.05) is 41.6 Å². The molecule has 0 atom stereocenters. The molecule has 0 radical (unpaired) electrons. The fraction of sp³-hybridized carbons (Fsp3) is 0.111. The summed E-state index contributed by atoms with van der Waals surface area (Å²) in [4.78, 5) is 16.9. The number of aromatic nitrogens is 4. The smallest absolute Gasteiger partial charge is 0.234 e. The maximum absolute atomic E-state index is 12.3. The highest BCUT2D eigenvalue weighted by atomic mass is 35.5. The second-order valence-corrected chi connectivity index (χ2v) is 7.06. The third-order valence-corrected chi connectivity index (χ3v) is 5.00. The first-order valence-corrected chi connectivity index (χ1v) is 9.27.